The molecule has 0 saturated carbocycles. The molecule has 0 heterocycles. The van der Waals surface area contributed by atoms with Crippen LogP contribution in [0.2, 0.25) is 0 Å². The van der Waals surface area contributed by atoms with Crippen molar-refractivity contribution < 1.29 is 32.5 Å². The first kappa shape index (κ1) is 52.0. The van der Waals surface area contributed by atoms with E-state index in [9.17, 15) is 14.3 Å². The SMILES string of the molecule is CCCCC/C=C/C/C=C/C/C=C\C/C=C\CCCC(=O)S[C@H](COCCCCCCCCCCCCCCCC)COP(=O)([O-])OCC[N+](C)(C)C. The fourth-order valence-corrected chi connectivity index (χ4v) is 7.32. The van der Waals surface area contributed by atoms with E-state index in [1.807, 2.05) is 21.1 Å². The number of likely N-dealkylation sites (N-methyl/N-ethyl adjacent to an activating group) is 1. The molecule has 2 atom stereocenters. The lowest BCUT2D eigenvalue weighted by molar-refractivity contribution is -0.870. The minimum Gasteiger partial charge on any atom is -0.756 e. The van der Waals surface area contributed by atoms with Crippen molar-refractivity contribution in [2.24, 2.45) is 0 Å². The molecule has 0 fully saturated rings. The third kappa shape index (κ3) is 42.0. The molecule has 0 radical (unpaired) electrons. The monoisotopic (exact) mass is 784 g/mol. The van der Waals surface area contributed by atoms with Crippen LogP contribution in [0.4, 0.5) is 0 Å². The van der Waals surface area contributed by atoms with Gasteiger partial charge in [0.05, 0.1) is 39.6 Å². The second kappa shape index (κ2) is 37.9. The molecule has 0 N–H and O–H groups in total. The van der Waals surface area contributed by atoms with Gasteiger partial charge in [-0.05, 0) is 51.4 Å². The van der Waals surface area contributed by atoms with Crippen molar-refractivity contribution in [3.05, 3.63) is 48.6 Å². The summed E-state index contributed by atoms with van der Waals surface area (Å²) in [5.74, 6) is 0. The number of hydrogen-bond acceptors (Lipinski definition) is 7. The number of allylic oxidation sites excluding steroid dienone is 8. The van der Waals surface area contributed by atoms with Crippen LogP contribution in [-0.4, -0.2) is 69.0 Å². The summed E-state index contributed by atoms with van der Waals surface area (Å²) < 4.78 is 29.2. The molecule has 0 bridgehead atoms. The molecule has 0 saturated heterocycles. The summed E-state index contributed by atoms with van der Waals surface area (Å²) in [7, 11) is 1.44. The van der Waals surface area contributed by atoms with E-state index in [1.165, 1.54) is 103 Å². The first-order chi connectivity index (χ1) is 25.6. The van der Waals surface area contributed by atoms with E-state index in [1.54, 1.807) is 0 Å². The molecule has 1 unspecified atom stereocenters. The van der Waals surface area contributed by atoms with Gasteiger partial charge >= 0.3 is 0 Å². The van der Waals surface area contributed by atoms with Crippen LogP contribution in [0.25, 0.3) is 0 Å². The molecular formula is C44H82NO6PS. The maximum atomic E-state index is 12.8. The predicted octanol–water partition coefficient (Wildman–Crippen LogP) is 12.5. The van der Waals surface area contributed by atoms with Crippen molar-refractivity contribution in [2.45, 2.75) is 173 Å². The largest absolute Gasteiger partial charge is 0.756 e. The first-order valence-corrected chi connectivity index (χ1v) is 23.7. The van der Waals surface area contributed by atoms with E-state index in [0.717, 1.165) is 56.7 Å². The third-order valence-electron chi connectivity index (χ3n) is 8.88. The number of phosphoric acid groups is 1. The van der Waals surface area contributed by atoms with Gasteiger partial charge in [0.2, 0.25) is 0 Å². The van der Waals surface area contributed by atoms with Gasteiger partial charge in [-0.1, -0.05) is 171 Å². The number of carbonyl (C=O) groups is 1. The number of quaternary nitrogens is 1. The quantitative estimate of drug-likeness (QED) is 0.0266. The number of thioether (sulfide) groups is 1. The van der Waals surface area contributed by atoms with Crippen LogP contribution in [0, 0.1) is 0 Å². The van der Waals surface area contributed by atoms with Crippen LogP contribution in [0.1, 0.15) is 168 Å². The summed E-state index contributed by atoms with van der Waals surface area (Å²) in [4.78, 5) is 25.2. The van der Waals surface area contributed by atoms with E-state index in [2.05, 4.69) is 62.5 Å². The van der Waals surface area contributed by atoms with Crippen molar-refractivity contribution >= 4 is 24.7 Å². The average molecular weight is 784 g/mol. The van der Waals surface area contributed by atoms with Gasteiger partial charge in [-0.25, -0.2) is 0 Å². The minimum absolute atomic E-state index is 0.0289. The number of phosphoric ester groups is 1. The highest BCUT2D eigenvalue weighted by Crippen LogP contribution is 2.39. The maximum absolute atomic E-state index is 12.8. The van der Waals surface area contributed by atoms with Crippen molar-refractivity contribution in [3.8, 4) is 0 Å². The van der Waals surface area contributed by atoms with Gasteiger partial charge in [-0.15, -0.1) is 0 Å². The van der Waals surface area contributed by atoms with Crippen molar-refractivity contribution in [1.82, 2.24) is 0 Å². The van der Waals surface area contributed by atoms with Crippen molar-refractivity contribution in [1.29, 1.82) is 0 Å². The van der Waals surface area contributed by atoms with Crippen LogP contribution < -0.4 is 4.89 Å². The molecule has 0 aromatic rings. The lowest BCUT2D eigenvalue weighted by atomic mass is 10.0. The Balaban J connectivity index is 4.36. The average Bonchev–Trinajstić information content (AvgIpc) is 3.11. The lowest BCUT2D eigenvalue weighted by Crippen LogP contribution is -2.37. The maximum Gasteiger partial charge on any atom is 0.268 e. The molecule has 7 nitrogen and oxygen atoms in total. The molecule has 9 heteroatoms. The van der Waals surface area contributed by atoms with Gasteiger partial charge in [0.25, 0.3) is 7.82 Å². The minimum atomic E-state index is -4.47. The summed E-state index contributed by atoms with van der Waals surface area (Å²) in [6.45, 7) is 5.82. The number of carbonyl (C=O) groups excluding carboxylic acids is 1. The Hall–Kier alpha value is -0.990. The summed E-state index contributed by atoms with van der Waals surface area (Å²) in [5.41, 5.74) is 0. The van der Waals surface area contributed by atoms with Crippen LogP contribution >= 0.6 is 19.6 Å². The zero-order valence-corrected chi connectivity index (χ0v) is 36.7. The topological polar surface area (TPSA) is 84.9 Å². The smallest absolute Gasteiger partial charge is 0.268 e. The number of rotatable bonds is 39. The summed E-state index contributed by atoms with van der Waals surface area (Å²) in [5, 5.41) is -0.378. The zero-order valence-electron chi connectivity index (χ0n) is 35.0. The summed E-state index contributed by atoms with van der Waals surface area (Å²) in [6.07, 6.45) is 45.7. The first-order valence-electron chi connectivity index (χ1n) is 21.4. The second-order valence-corrected chi connectivity index (χ2v) is 18.1. The van der Waals surface area contributed by atoms with Gasteiger partial charge in [0, 0.05) is 13.0 Å². The summed E-state index contributed by atoms with van der Waals surface area (Å²) >= 11 is 1.14. The molecule has 0 aromatic carbocycles. The summed E-state index contributed by atoms with van der Waals surface area (Å²) in [6, 6.07) is 0. The molecule has 0 aliphatic heterocycles. The van der Waals surface area contributed by atoms with Crippen LogP contribution in [0.3, 0.4) is 0 Å². The van der Waals surface area contributed by atoms with Gasteiger partial charge < -0.3 is 23.2 Å². The van der Waals surface area contributed by atoms with Crippen LogP contribution in [-0.2, 0) is 23.1 Å². The van der Waals surface area contributed by atoms with E-state index >= 15 is 0 Å². The predicted molar refractivity (Wildman–Crippen MR) is 228 cm³/mol. The second-order valence-electron chi connectivity index (χ2n) is 15.4. The molecule has 310 valence electrons. The fourth-order valence-electron chi connectivity index (χ4n) is 5.54. The third-order valence-corrected chi connectivity index (χ3v) is 10.9. The highest BCUT2D eigenvalue weighted by molar-refractivity contribution is 8.14. The van der Waals surface area contributed by atoms with Gasteiger partial charge in [-0.3, -0.25) is 9.36 Å². The number of hydrogen-bond donors (Lipinski definition) is 0. The Kier molecular flexibility index (Phi) is 37.2. The molecule has 0 amide bonds. The van der Waals surface area contributed by atoms with Crippen molar-refractivity contribution in [2.75, 3.05) is 54.1 Å². The van der Waals surface area contributed by atoms with Crippen LogP contribution in [0.15, 0.2) is 48.6 Å². The number of unbranched alkanes of at least 4 members (excludes halogenated alkanes) is 17. The van der Waals surface area contributed by atoms with Crippen LogP contribution in [0.5, 0.6) is 0 Å². The Labute approximate surface area is 332 Å². The molecule has 0 rings (SSSR count). The molecule has 53 heavy (non-hydrogen) atoms. The standard InChI is InChI=1S/C44H82NO6PS/c1-6-8-10-12-14-16-18-20-22-23-24-25-27-29-31-33-35-37-44(46)53-43(42-51-52(47,48)50-40-38-45(3,4)5)41-49-39-36-34-32-30-28-26-21-19-17-15-13-11-9-7-2/h14,16,20,22,24-25,29,31,43H,6-13,15,17-19,21,23,26-28,30,32-42H2,1-5H3/b16-14+,22-20+,25-24-,31-29-/t43-/m1/s1. The van der Waals surface area contributed by atoms with E-state index in [4.69, 9.17) is 13.8 Å². The molecule has 0 aliphatic carbocycles. The normalized spacial score (nSPS) is 14.4. The van der Waals surface area contributed by atoms with Gasteiger partial charge in [0.1, 0.15) is 13.2 Å². The number of ether oxygens (including phenoxy) is 1. The van der Waals surface area contributed by atoms with E-state index < -0.39 is 13.1 Å². The Bertz CT molecular complexity index is 993. The Morgan fingerprint density at radius 2 is 1.06 bits per heavy atom. The Morgan fingerprint density at radius 3 is 1.57 bits per heavy atom. The fraction of sp³-hybridized carbons (Fsp3) is 0.795. The Morgan fingerprint density at radius 1 is 0.604 bits per heavy atom. The van der Waals surface area contributed by atoms with Gasteiger partial charge in [0.15, 0.2) is 5.12 Å². The zero-order chi connectivity index (χ0) is 39.1. The molecule has 0 aromatic heterocycles. The van der Waals surface area contributed by atoms with E-state index in [0.29, 0.717) is 24.1 Å². The van der Waals surface area contributed by atoms with E-state index in [-0.39, 0.29) is 24.9 Å². The molecule has 0 spiro atoms. The van der Waals surface area contributed by atoms with Crippen molar-refractivity contribution in [3.63, 3.8) is 0 Å². The molecular weight excluding hydrogens is 702 g/mol. The number of nitrogens with zero attached hydrogens (tertiary/aromatic N) is 1. The lowest BCUT2D eigenvalue weighted by Gasteiger charge is -2.28. The highest BCUT2D eigenvalue weighted by atomic mass is 32.2. The molecule has 0 aliphatic rings. The van der Waals surface area contributed by atoms with Gasteiger partial charge in [-0.2, -0.15) is 0 Å². The highest BCUT2D eigenvalue weighted by Gasteiger charge is 2.20.